The van der Waals surface area contributed by atoms with E-state index in [1.165, 1.54) is 6.92 Å². The van der Waals surface area contributed by atoms with Gasteiger partial charge in [0.05, 0.1) is 17.8 Å². The van der Waals surface area contributed by atoms with E-state index < -0.39 is 11.7 Å². The van der Waals surface area contributed by atoms with Crippen LogP contribution in [0.4, 0.5) is 0 Å². The highest BCUT2D eigenvalue weighted by Gasteiger charge is 2.70. The van der Waals surface area contributed by atoms with Crippen LogP contribution in [0.2, 0.25) is 0 Å². The average Bonchev–Trinajstić information content (AvgIpc) is 3.12. The lowest BCUT2D eigenvalue weighted by molar-refractivity contribution is -0.268. The minimum atomic E-state index is -0.870. The topological polar surface area (TPSA) is 87.0 Å². The molecule has 12 atom stereocenters. The van der Waals surface area contributed by atoms with Gasteiger partial charge in [0.2, 0.25) is 0 Å². The van der Waals surface area contributed by atoms with Crippen molar-refractivity contribution in [3.63, 3.8) is 0 Å². The van der Waals surface area contributed by atoms with Crippen LogP contribution >= 0.6 is 0 Å². The molecule has 4 rings (SSSR count). The molecule has 12 unspecified atom stereocenters. The molecule has 0 heterocycles. The molecule has 0 amide bonds. The predicted molar refractivity (Wildman–Crippen MR) is 142 cm³/mol. The monoisotopic (exact) mass is 504 g/mol. The SMILES string of the molecule is C=C(C(C)C)C(CC(C)C1CCC2C1(C)CC(O)C1C3(C)CCC(O)C(C)C3CCC21O)OC(C)=O. The third-order valence-electron chi connectivity index (χ3n) is 12.0. The molecular formula is C31H52O5. The molecule has 4 aliphatic rings. The van der Waals surface area contributed by atoms with E-state index in [1.54, 1.807) is 0 Å². The molecule has 5 nitrogen and oxygen atoms in total. The van der Waals surface area contributed by atoms with Crippen LogP contribution in [0.1, 0.15) is 99.8 Å². The van der Waals surface area contributed by atoms with E-state index in [9.17, 15) is 20.1 Å². The summed E-state index contributed by atoms with van der Waals surface area (Å²) in [6.07, 6.45) is 5.60. The maximum Gasteiger partial charge on any atom is 0.303 e. The number of hydrogen-bond acceptors (Lipinski definition) is 5. The molecule has 0 radical (unpaired) electrons. The molecule has 206 valence electrons. The van der Waals surface area contributed by atoms with Gasteiger partial charge in [-0.1, -0.05) is 48.1 Å². The lowest BCUT2D eigenvalue weighted by Gasteiger charge is -2.67. The summed E-state index contributed by atoms with van der Waals surface area (Å²) in [6.45, 7) is 18.9. The lowest BCUT2D eigenvalue weighted by atomic mass is 9.40. The standard InChI is InChI=1S/C31H52O5/c1-17(2)19(4)26(36-21(6)32)15-18(3)22-9-10-27-30(22,8)16-25(34)28-29(7)13-12-24(33)20(5)23(29)11-14-31(27,28)35/h17-18,20,22-28,33-35H,4,9-16H2,1-3,5-8H3. The molecule has 3 N–H and O–H groups in total. The van der Waals surface area contributed by atoms with Crippen LogP contribution in [-0.2, 0) is 9.53 Å². The molecule has 0 spiro atoms. The Hall–Kier alpha value is -0.910. The molecule has 4 fully saturated rings. The Bertz CT molecular complexity index is 854. The fourth-order valence-corrected chi connectivity index (χ4v) is 10.3. The number of aliphatic hydroxyl groups excluding tert-OH is 2. The Morgan fingerprint density at radius 3 is 2.31 bits per heavy atom. The average molecular weight is 505 g/mol. The van der Waals surface area contributed by atoms with Crippen molar-refractivity contribution in [1.82, 2.24) is 0 Å². The number of hydrogen-bond donors (Lipinski definition) is 3. The number of ether oxygens (including phenoxy) is 1. The molecule has 4 aliphatic carbocycles. The van der Waals surface area contributed by atoms with Crippen molar-refractivity contribution in [2.24, 2.45) is 52.3 Å². The van der Waals surface area contributed by atoms with E-state index in [0.717, 1.165) is 44.1 Å². The molecule has 0 aromatic carbocycles. The first-order valence-corrected chi connectivity index (χ1v) is 14.6. The van der Waals surface area contributed by atoms with Crippen LogP contribution in [0.3, 0.4) is 0 Å². The van der Waals surface area contributed by atoms with Gasteiger partial charge in [-0.25, -0.2) is 0 Å². The highest BCUT2D eigenvalue weighted by atomic mass is 16.5. The summed E-state index contributed by atoms with van der Waals surface area (Å²) in [4.78, 5) is 11.9. The molecule has 36 heavy (non-hydrogen) atoms. The summed E-state index contributed by atoms with van der Waals surface area (Å²) < 4.78 is 5.73. The largest absolute Gasteiger partial charge is 0.458 e. The van der Waals surface area contributed by atoms with E-state index in [-0.39, 0.29) is 58.6 Å². The van der Waals surface area contributed by atoms with Crippen molar-refractivity contribution >= 4 is 5.97 Å². The Morgan fingerprint density at radius 2 is 1.69 bits per heavy atom. The Balaban J connectivity index is 1.60. The van der Waals surface area contributed by atoms with Crippen molar-refractivity contribution in [2.75, 3.05) is 0 Å². The zero-order chi connectivity index (χ0) is 26.8. The van der Waals surface area contributed by atoms with Crippen molar-refractivity contribution in [3.8, 4) is 0 Å². The zero-order valence-electron chi connectivity index (χ0n) is 23.8. The number of carbonyl (C=O) groups excluding carboxylic acids is 1. The second kappa shape index (κ2) is 9.68. The predicted octanol–water partition coefficient (Wildman–Crippen LogP) is 5.51. The number of aliphatic hydroxyl groups is 3. The lowest BCUT2D eigenvalue weighted by Crippen LogP contribution is -2.69. The zero-order valence-corrected chi connectivity index (χ0v) is 23.8. The summed E-state index contributed by atoms with van der Waals surface area (Å²) in [7, 11) is 0. The van der Waals surface area contributed by atoms with Gasteiger partial charge in [0.15, 0.2) is 0 Å². The maximum atomic E-state index is 12.5. The van der Waals surface area contributed by atoms with Gasteiger partial charge in [-0.15, -0.1) is 0 Å². The third-order valence-corrected chi connectivity index (χ3v) is 12.0. The quantitative estimate of drug-likeness (QED) is 0.328. The minimum Gasteiger partial charge on any atom is -0.458 e. The summed E-state index contributed by atoms with van der Waals surface area (Å²) in [5.41, 5.74) is -0.220. The highest BCUT2D eigenvalue weighted by Crippen LogP contribution is 2.70. The van der Waals surface area contributed by atoms with Crippen LogP contribution in [0, 0.1) is 52.3 Å². The number of fused-ring (bicyclic) bond motifs is 5. The summed E-state index contributed by atoms with van der Waals surface area (Å²) in [5.74, 6) is 1.16. The summed E-state index contributed by atoms with van der Waals surface area (Å²) in [5, 5.41) is 34.9. The van der Waals surface area contributed by atoms with Gasteiger partial charge in [-0.2, -0.15) is 0 Å². The van der Waals surface area contributed by atoms with Crippen LogP contribution in [0.5, 0.6) is 0 Å². The molecule has 0 bridgehead atoms. The van der Waals surface area contributed by atoms with Crippen LogP contribution in [0.25, 0.3) is 0 Å². The Labute approximate surface area is 219 Å². The van der Waals surface area contributed by atoms with E-state index in [2.05, 4.69) is 48.1 Å². The van der Waals surface area contributed by atoms with Gasteiger partial charge in [0.1, 0.15) is 6.10 Å². The summed E-state index contributed by atoms with van der Waals surface area (Å²) >= 11 is 0. The second-order valence-corrected chi connectivity index (χ2v) is 14.1. The van der Waals surface area contributed by atoms with Gasteiger partial charge in [0.25, 0.3) is 0 Å². The summed E-state index contributed by atoms with van der Waals surface area (Å²) in [6, 6.07) is 0. The molecule has 0 aromatic heterocycles. The van der Waals surface area contributed by atoms with E-state index in [1.807, 2.05) is 0 Å². The first kappa shape index (κ1) is 28.1. The minimum absolute atomic E-state index is 0.139. The fourth-order valence-electron chi connectivity index (χ4n) is 10.3. The Kier molecular flexibility index (Phi) is 7.56. The third kappa shape index (κ3) is 4.29. The van der Waals surface area contributed by atoms with Gasteiger partial charge >= 0.3 is 5.97 Å². The van der Waals surface area contributed by atoms with Crippen LogP contribution < -0.4 is 0 Å². The molecule has 0 aromatic rings. The first-order chi connectivity index (χ1) is 16.7. The molecule has 0 aliphatic heterocycles. The number of carbonyl (C=O) groups is 1. The molecule has 4 saturated carbocycles. The maximum absolute atomic E-state index is 12.5. The highest BCUT2D eigenvalue weighted by molar-refractivity contribution is 5.66. The van der Waals surface area contributed by atoms with Gasteiger partial charge in [-0.05, 0) is 103 Å². The van der Waals surface area contributed by atoms with Crippen LogP contribution in [-0.4, -0.2) is 45.2 Å². The molecular weight excluding hydrogens is 452 g/mol. The first-order valence-electron chi connectivity index (χ1n) is 14.6. The van der Waals surface area contributed by atoms with E-state index in [0.29, 0.717) is 24.7 Å². The van der Waals surface area contributed by atoms with Crippen molar-refractivity contribution in [2.45, 2.75) is 124 Å². The molecule has 0 saturated heterocycles. The normalized spacial score (nSPS) is 47.9. The van der Waals surface area contributed by atoms with Crippen molar-refractivity contribution in [1.29, 1.82) is 0 Å². The fraction of sp³-hybridized carbons (Fsp3) is 0.903. The molecule has 5 heteroatoms. The van der Waals surface area contributed by atoms with Crippen LogP contribution in [0.15, 0.2) is 12.2 Å². The van der Waals surface area contributed by atoms with Gasteiger partial charge in [-0.3, -0.25) is 4.79 Å². The second-order valence-electron chi connectivity index (χ2n) is 14.1. The Morgan fingerprint density at radius 1 is 1.03 bits per heavy atom. The number of rotatable bonds is 6. The number of esters is 1. The van der Waals surface area contributed by atoms with Gasteiger partial charge in [0, 0.05) is 12.8 Å². The van der Waals surface area contributed by atoms with Crippen molar-refractivity contribution in [3.05, 3.63) is 12.2 Å². The van der Waals surface area contributed by atoms with E-state index in [4.69, 9.17) is 4.74 Å². The van der Waals surface area contributed by atoms with E-state index >= 15 is 0 Å². The van der Waals surface area contributed by atoms with Gasteiger partial charge < -0.3 is 20.1 Å². The smallest absolute Gasteiger partial charge is 0.303 e. The van der Waals surface area contributed by atoms with Crippen molar-refractivity contribution < 1.29 is 24.9 Å².